The number of nitrogens with one attached hydrogen (secondary N) is 1. The van der Waals surface area contributed by atoms with Gasteiger partial charge in [0.2, 0.25) is 0 Å². The van der Waals surface area contributed by atoms with E-state index in [4.69, 9.17) is 9.47 Å². The summed E-state index contributed by atoms with van der Waals surface area (Å²) in [5.74, 6) is 0.726. The Labute approximate surface area is 118 Å². The lowest BCUT2D eigenvalue weighted by Crippen LogP contribution is -2.59. The Morgan fingerprint density at radius 1 is 1.32 bits per heavy atom. The number of piperazine rings is 1. The Morgan fingerprint density at radius 2 is 2.05 bits per heavy atom. The van der Waals surface area contributed by atoms with Crippen LogP contribution in [0.2, 0.25) is 0 Å². The summed E-state index contributed by atoms with van der Waals surface area (Å²) < 4.78 is 10.8. The van der Waals surface area contributed by atoms with Gasteiger partial charge in [0.25, 0.3) is 0 Å². The molecule has 0 aromatic carbocycles. The highest BCUT2D eigenvalue weighted by atomic mass is 16.5. The van der Waals surface area contributed by atoms with Gasteiger partial charge in [0.15, 0.2) is 0 Å². The van der Waals surface area contributed by atoms with E-state index < -0.39 is 0 Å². The average molecular weight is 272 g/mol. The highest BCUT2D eigenvalue weighted by Gasteiger charge is 2.30. The summed E-state index contributed by atoms with van der Waals surface area (Å²) in [6, 6.07) is 1.22. The molecule has 0 saturated carbocycles. The van der Waals surface area contributed by atoms with Crippen LogP contribution in [0.25, 0.3) is 0 Å². The Hall–Kier alpha value is -0.160. The SMILES string of the molecule is CCC(C)C1CN(CC(COC)OC)C(CC)CN1. The summed E-state index contributed by atoms with van der Waals surface area (Å²) in [5.41, 5.74) is 0. The minimum Gasteiger partial charge on any atom is -0.382 e. The Balaban J connectivity index is 2.58. The largest absolute Gasteiger partial charge is 0.382 e. The molecule has 1 aliphatic rings. The van der Waals surface area contributed by atoms with E-state index in [9.17, 15) is 0 Å². The van der Waals surface area contributed by atoms with Crippen LogP contribution in [-0.4, -0.2) is 63.5 Å². The van der Waals surface area contributed by atoms with Crippen LogP contribution >= 0.6 is 0 Å². The summed E-state index contributed by atoms with van der Waals surface area (Å²) in [4.78, 5) is 2.58. The Kier molecular flexibility index (Phi) is 7.91. The molecule has 114 valence electrons. The molecule has 1 saturated heterocycles. The number of rotatable bonds is 8. The molecule has 4 unspecified atom stereocenters. The van der Waals surface area contributed by atoms with Gasteiger partial charge in [-0.25, -0.2) is 0 Å². The van der Waals surface area contributed by atoms with Crippen molar-refractivity contribution in [3.05, 3.63) is 0 Å². The standard InChI is InChI=1S/C15H32N2O2/c1-6-12(3)15-10-17(13(7-2)8-16-15)9-14(19-5)11-18-4/h12-16H,6-11H2,1-5H3. The van der Waals surface area contributed by atoms with Gasteiger partial charge in [-0.15, -0.1) is 0 Å². The van der Waals surface area contributed by atoms with E-state index in [-0.39, 0.29) is 6.10 Å². The molecule has 0 aromatic rings. The molecule has 0 aliphatic carbocycles. The first-order chi connectivity index (χ1) is 9.15. The van der Waals surface area contributed by atoms with Crippen molar-refractivity contribution in [3.8, 4) is 0 Å². The van der Waals surface area contributed by atoms with Crippen molar-refractivity contribution in [2.45, 2.75) is 51.8 Å². The maximum Gasteiger partial charge on any atom is 0.0931 e. The molecular formula is C15H32N2O2. The monoisotopic (exact) mass is 272 g/mol. The van der Waals surface area contributed by atoms with Crippen LogP contribution in [0.15, 0.2) is 0 Å². The van der Waals surface area contributed by atoms with Gasteiger partial charge < -0.3 is 14.8 Å². The normalized spacial score (nSPS) is 28.3. The van der Waals surface area contributed by atoms with Crippen molar-refractivity contribution in [1.82, 2.24) is 10.2 Å². The summed E-state index contributed by atoms with van der Waals surface area (Å²) in [6.45, 7) is 10.7. The predicted octanol–water partition coefficient (Wildman–Crippen LogP) is 1.75. The molecule has 1 rings (SSSR count). The molecule has 4 nitrogen and oxygen atoms in total. The fourth-order valence-electron chi connectivity index (χ4n) is 2.82. The quantitative estimate of drug-likeness (QED) is 0.730. The van der Waals surface area contributed by atoms with Gasteiger partial charge in [0.05, 0.1) is 12.7 Å². The second-order valence-corrected chi connectivity index (χ2v) is 5.73. The highest BCUT2D eigenvalue weighted by Crippen LogP contribution is 2.17. The smallest absolute Gasteiger partial charge is 0.0931 e. The fraction of sp³-hybridized carbons (Fsp3) is 1.00. The van der Waals surface area contributed by atoms with Gasteiger partial charge in [-0.2, -0.15) is 0 Å². The predicted molar refractivity (Wildman–Crippen MR) is 79.6 cm³/mol. The average Bonchev–Trinajstić information content (AvgIpc) is 2.45. The lowest BCUT2D eigenvalue weighted by Gasteiger charge is -2.43. The number of nitrogens with zero attached hydrogens (tertiary/aromatic N) is 1. The maximum atomic E-state index is 5.52. The van der Waals surface area contributed by atoms with Crippen molar-refractivity contribution >= 4 is 0 Å². The van der Waals surface area contributed by atoms with Crippen molar-refractivity contribution in [2.75, 3.05) is 40.5 Å². The molecule has 0 aromatic heterocycles. The molecule has 0 bridgehead atoms. The Bertz CT molecular complexity index is 236. The van der Waals surface area contributed by atoms with E-state index >= 15 is 0 Å². The van der Waals surface area contributed by atoms with Crippen molar-refractivity contribution in [3.63, 3.8) is 0 Å². The molecule has 0 amide bonds. The molecule has 4 heteroatoms. The molecule has 1 fully saturated rings. The molecule has 19 heavy (non-hydrogen) atoms. The highest BCUT2D eigenvalue weighted by molar-refractivity contribution is 4.88. The minimum atomic E-state index is 0.176. The second kappa shape index (κ2) is 8.90. The van der Waals surface area contributed by atoms with E-state index in [0.29, 0.717) is 18.7 Å². The van der Waals surface area contributed by atoms with Crippen LogP contribution in [0.4, 0.5) is 0 Å². The van der Waals surface area contributed by atoms with Gasteiger partial charge in [0.1, 0.15) is 0 Å². The van der Waals surface area contributed by atoms with Crippen molar-refractivity contribution in [2.24, 2.45) is 5.92 Å². The van der Waals surface area contributed by atoms with Gasteiger partial charge in [-0.05, 0) is 12.3 Å². The third-order valence-electron chi connectivity index (χ3n) is 4.49. The first-order valence-corrected chi connectivity index (χ1v) is 7.65. The molecule has 4 atom stereocenters. The fourth-order valence-corrected chi connectivity index (χ4v) is 2.82. The molecule has 1 aliphatic heterocycles. The van der Waals surface area contributed by atoms with E-state index in [1.165, 1.54) is 12.8 Å². The van der Waals surface area contributed by atoms with E-state index in [1.54, 1.807) is 14.2 Å². The van der Waals surface area contributed by atoms with E-state index in [2.05, 4.69) is 31.0 Å². The third-order valence-corrected chi connectivity index (χ3v) is 4.49. The Morgan fingerprint density at radius 3 is 2.58 bits per heavy atom. The van der Waals surface area contributed by atoms with E-state index in [1.807, 2.05) is 0 Å². The number of ether oxygens (including phenoxy) is 2. The molecule has 0 radical (unpaired) electrons. The summed E-state index contributed by atoms with van der Waals surface area (Å²) in [5, 5.41) is 3.71. The van der Waals surface area contributed by atoms with Crippen molar-refractivity contribution in [1.29, 1.82) is 0 Å². The lowest BCUT2D eigenvalue weighted by atomic mass is 9.94. The van der Waals surface area contributed by atoms with Crippen LogP contribution < -0.4 is 5.32 Å². The zero-order valence-electron chi connectivity index (χ0n) is 13.3. The molecule has 1 heterocycles. The number of hydrogen-bond acceptors (Lipinski definition) is 4. The summed E-state index contributed by atoms with van der Waals surface area (Å²) in [6.07, 6.45) is 2.59. The third kappa shape index (κ3) is 5.03. The van der Waals surface area contributed by atoms with Gasteiger partial charge in [-0.1, -0.05) is 27.2 Å². The topological polar surface area (TPSA) is 33.7 Å². The second-order valence-electron chi connectivity index (χ2n) is 5.73. The maximum absolute atomic E-state index is 5.52. The first-order valence-electron chi connectivity index (χ1n) is 7.65. The van der Waals surface area contributed by atoms with E-state index in [0.717, 1.165) is 25.6 Å². The zero-order chi connectivity index (χ0) is 14.3. The molecule has 1 N–H and O–H groups in total. The van der Waals surface area contributed by atoms with Gasteiger partial charge in [0, 0.05) is 45.9 Å². The number of methoxy groups -OCH3 is 2. The lowest BCUT2D eigenvalue weighted by molar-refractivity contribution is -0.0140. The van der Waals surface area contributed by atoms with Crippen LogP contribution in [0, 0.1) is 5.92 Å². The van der Waals surface area contributed by atoms with Crippen LogP contribution in [-0.2, 0) is 9.47 Å². The first kappa shape index (κ1) is 16.9. The summed E-state index contributed by atoms with van der Waals surface area (Å²) >= 11 is 0. The summed E-state index contributed by atoms with van der Waals surface area (Å²) in [7, 11) is 3.52. The van der Waals surface area contributed by atoms with Crippen LogP contribution in [0.3, 0.4) is 0 Å². The minimum absolute atomic E-state index is 0.176. The molecular weight excluding hydrogens is 240 g/mol. The molecule has 0 spiro atoms. The number of hydrogen-bond donors (Lipinski definition) is 1. The van der Waals surface area contributed by atoms with Gasteiger partial charge in [-0.3, -0.25) is 4.90 Å². The van der Waals surface area contributed by atoms with Crippen LogP contribution in [0.1, 0.15) is 33.6 Å². The van der Waals surface area contributed by atoms with Gasteiger partial charge >= 0.3 is 0 Å². The van der Waals surface area contributed by atoms with Crippen LogP contribution in [0.5, 0.6) is 0 Å². The zero-order valence-corrected chi connectivity index (χ0v) is 13.3. The van der Waals surface area contributed by atoms with Crippen molar-refractivity contribution < 1.29 is 9.47 Å².